The number of benzene rings is 1. The van der Waals surface area contributed by atoms with Crippen LogP contribution in [0.25, 0.3) is 0 Å². The molecule has 1 fully saturated rings. The quantitative estimate of drug-likeness (QED) is 0.819. The Morgan fingerprint density at radius 2 is 2.12 bits per heavy atom. The minimum atomic E-state index is 0.556. The molecule has 3 N–H and O–H groups in total. The molecule has 1 aliphatic rings. The van der Waals surface area contributed by atoms with Gasteiger partial charge in [0.05, 0.1) is 12.8 Å². The van der Waals surface area contributed by atoms with Crippen LogP contribution in [-0.2, 0) is 6.54 Å². The Kier molecular flexibility index (Phi) is 3.67. The van der Waals surface area contributed by atoms with E-state index in [9.17, 15) is 0 Å². The van der Waals surface area contributed by atoms with Gasteiger partial charge in [-0.3, -0.25) is 0 Å². The molecule has 0 aliphatic heterocycles. The summed E-state index contributed by atoms with van der Waals surface area (Å²) in [6.45, 7) is 0.556. The summed E-state index contributed by atoms with van der Waals surface area (Å²) in [6, 6.07) is 6.74. The summed E-state index contributed by atoms with van der Waals surface area (Å²) in [5.74, 6) is 0.898. The average Bonchev–Trinajstić information content (AvgIpc) is 2.82. The Morgan fingerprint density at radius 3 is 2.75 bits per heavy atom. The summed E-state index contributed by atoms with van der Waals surface area (Å²) >= 11 is 0. The van der Waals surface area contributed by atoms with Crippen LogP contribution in [0.4, 0.5) is 5.69 Å². The molecule has 1 saturated carbocycles. The maximum atomic E-state index is 5.61. The van der Waals surface area contributed by atoms with Crippen molar-refractivity contribution in [2.24, 2.45) is 5.73 Å². The largest absolute Gasteiger partial charge is 0.495 e. The van der Waals surface area contributed by atoms with Crippen molar-refractivity contribution >= 4 is 5.69 Å². The summed E-state index contributed by atoms with van der Waals surface area (Å²) in [5.41, 5.74) is 7.81. The molecule has 1 aromatic rings. The molecule has 3 nitrogen and oxygen atoms in total. The minimum absolute atomic E-state index is 0.556. The molecule has 0 unspecified atom stereocenters. The van der Waals surface area contributed by atoms with Crippen molar-refractivity contribution in [1.82, 2.24) is 0 Å². The summed E-state index contributed by atoms with van der Waals surface area (Å²) < 4.78 is 5.38. The zero-order chi connectivity index (χ0) is 11.4. The van der Waals surface area contributed by atoms with Gasteiger partial charge in [-0.05, 0) is 30.5 Å². The van der Waals surface area contributed by atoms with Gasteiger partial charge in [-0.15, -0.1) is 0 Å². The molecule has 2 rings (SSSR count). The Labute approximate surface area is 97.0 Å². The lowest BCUT2D eigenvalue weighted by atomic mass is 10.1. The lowest BCUT2D eigenvalue weighted by Crippen LogP contribution is -2.15. The third-order valence-electron chi connectivity index (χ3n) is 3.22. The second-order valence-corrected chi connectivity index (χ2v) is 4.36. The van der Waals surface area contributed by atoms with Gasteiger partial charge in [0.15, 0.2) is 0 Å². The fourth-order valence-corrected chi connectivity index (χ4v) is 2.27. The normalized spacial score (nSPS) is 16.4. The number of anilines is 1. The van der Waals surface area contributed by atoms with E-state index in [0.717, 1.165) is 17.0 Å². The third kappa shape index (κ3) is 2.47. The third-order valence-corrected chi connectivity index (χ3v) is 3.22. The van der Waals surface area contributed by atoms with E-state index in [1.807, 2.05) is 6.07 Å². The van der Waals surface area contributed by atoms with Crippen molar-refractivity contribution in [3.8, 4) is 5.75 Å². The van der Waals surface area contributed by atoms with Crippen LogP contribution in [0.1, 0.15) is 31.2 Å². The second kappa shape index (κ2) is 5.21. The summed E-state index contributed by atoms with van der Waals surface area (Å²) in [4.78, 5) is 0. The summed E-state index contributed by atoms with van der Waals surface area (Å²) in [6.07, 6.45) is 5.20. The van der Waals surface area contributed by atoms with Crippen molar-refractivity contribution in [2.45, 2.75) is 38.3 Å². The molecule has 0 atom stereocenters. The zero-order valence-electron chi connectivity index (χ0n) is 9.83. The number of ether oxygens (including phenoxy) is 1. The maximum Gasteiger partial charge on any atom is 0.142 e. The van der Waals surface area contributed by atoms with E-state index in [4.69, 9.17) is 10.5 Å². The van der Waals surface area contributed by atoms with E-state index in [1.165, 1.54) is 25.7 Å². The van der Waals surface area contributed by atoms with E-state index < -0.39 is 0 Å². The molecule has 1 aliphatic carbocycles. The number of hydrogen-bond acceptors (Lipinski definition) is 3. The standard InChI is InChI=1S/C13H20N2O/c1-16-13-8-10(9-14)6-7-12(13)15-11-4-2-3-5-11/h6-8,11,15H,2-5,9,14H2,1H3. The molecule has 1 aromatic carbocycles. The van der Waals surface area contributed by atoms with E-state index in [2.05, 4.69) is 17.4 Å². The number of methoxy groups -OCH3 is 1. The van der Waals surface area contributed by atoms with E-state index >= 15 is 0 Å². The second-order valence-electron chi connectivity index (χ2n) is 4.36. The first-order chi connectivity index (χ1) is 7.83. The molecule has 0 aromatic heterocycles. The molecular formula is C13H20N2O. The van der Waals surface area contributed by atoms with Crippen LogP contribution in [0.15, 0.2) is 18.2 Å². The van der Waals surface area contributed by atoms with Gasteiger partial charge in [0.2, 0.25) is 0 Å². The topological polar surface area (TPSA) is 47.3 Å². The molecule has 3 heteroatoms. The van der Waals surface area contributed by atoms with Crippen LogP contribution >= 0.6 is 0 Å². The molecule has 0 amide bonds. The Bertz CT molecular complexity index is 346. The zero-order valence-corrected chi connectivity index (χ0v) is 9.83. The highest BCUT2D eigenvalue weighted by molar-refractivity contribution is 5.58. The van der Waals surface area contributed by atoms with Crippen molar-refractivity contribution in [2.75, 3.05) is 12.4 Å². The summed E-state index contributed by atoms with van der Waals surface area (Å²) in [5, 5.41) is 3.55. The van der Waals surface area contributed by atoms with Crippen LogP contribution in [0.3, 0.4) is 0 Å². The summed E-state index contributed by atoms with van der Waals surface area (Å²) in [7, 11) is 1.70. The Morgan fingerprint density at radius 1 is 1.38 bits per heavy atom. The molecule has 0 heterocycles. The van der Waals surface area contributed by atoms with Gasteiger partial charge in [-0.25, -0.2) is 0 Å². The first kappa shape index (κ1) is 11.3. The number of rotatable bonds is 4. The van der Waals surface area contributed by atoms with Gasteiger partial charge in [0.1, 0.15) is 5.75 Å². The van der Waals surface area contributed by atoms with Crippen molar-refractivity contribution in [1.29, 1.82) is 0 Å². The Hall–Kier alpha value is -1.22. The van der Waals surface area contributed by atoms with Crippen LogP contribution in [0, 0.1) is 0 Å². The first-order valence-corrected chi connectivity index (χ1v) is 5.97. The van der Waals surface area contributed by atoms with Gasteiger partial charge in [-0.2, -0.15) is 0 Å². The monoisotopic (exact) mass is 220 g/mol. The molecule has 0 radical (unpaired) electrons. The van der Waals surface area contributed by atoms with Crippen LogP contribution in [-0.4, -0.2) is 13.2 Å². The van der Waals surface area contributed by atoms with Crippen molar-refractivity contribution in [3.05, 3.63) is 23.8 Å². The molecule has 16 heavy (non-hydrogen) atoms. The van der Waals surface area contributed by atoms with E-state index in [-0.39, 0.29) is 0 Å². The fraction of sp³-hybridized carbons (Fsp3) is 0.538. The highest BCUT2D eigenvalue weighted by Crippen LogP contribution is 2.29. The fourth-order valence-electron chi connectivity index (χ4n) is 2.27. The number of nitrogens with one attached hydrogen (secondary N) is 1. The van der Waals surface area contributed by atoms with Crippen LogP contribution < -0.4 is 15.8 Å². The van der Waals surface area contributed by atoms with Crippen LogP contribution in [0.2, 0.25) is 0 Å². The lowest BCUT2D eigenvalue weighted by molar-refractivity contribution is 0.415. The van der Waals surface area contributed by atoms with E-state index in [1.54, 1.807) is 7.11 Å². The predicted octanol–water partition coefficient (Wildman–Crippen LogP) is 2.51. The van der Waals surface area contributed by atoms with Crippen molar-refractivity contribution in [3.63, 3.8) is 0 Å². The van der Waals surface area contributed by atoms with Gasteiger partial charge < -0.3 is 15.8 Å². The van der Waals surface area contributed by atoms with Gasteiger partial charge in [-0.1, -0.05) is 18.9 Å². The molecule has 0 saturated heterocycles. The van der Waals surface area contributed by atoms with Gasteiger partial charge in [0, 0.05) is 12.6 Å². The number of nitrogens with two attached hydrogens (primary N) is 1. The Balaban J connectivity index is 2.12. The molecule has 0 bridgehead atoms. The van der Waals surface area contributed by atoms with Crippen molar-refractivity contribution < 1.29 is 4.74 Å². The molecule has 88 valence electrons. The van der Waals surface area contributed by atoms with E-state index in [0.29, 0.717) is 12.6 Å². The average molecular weight is 220 g/mol. The first-order valence-electron chi connectivity index (χ1n) is 5.97. The van der Waals surface area contributed by atoms with Crippen LogP contribution in [0.5, 0.6) is 5.75 Å². The van der Waals surface area contributed by atoms with Gasteiger partial charge >= 0.3 is 0 Å². The highest BCUT2D eigenvalue weighted by atomic mass is 16.5. The minimum Gasteiger partial charge on any atom is -0.495 e. The smallest absolute Gasteiger partial charge is 0.142 e. The highest BCUT2D eigenvalue weighted by Gasteiger charge is 2.16. The maximum absolute atomic E-state index is 5.61. The SMILES string of the molecule is COc1cc(CN)ccc1NC1CCCC1. The molecular weight excluding hydrogens is 200 g/mol. The predicted molar refractivity (Wildman–Crippen MR) is 66.8 cm³/mol. The lowest BCUT2D eigenvalue weighted by Gasteiger charge is -2.17. The molecule has 0 spiro atoms. The number of hydrogen-bond donors (Lipinski definition) is 2. The van der Waals surface area contributed by atoms with Gasteiger partial charge in [0.25, 0.3) is 0 Å².